The van der Waals surface area contributed by atoms with Gasteiger partial charge in [0.2, 0.25) is 5.95 Å². The fraction of sp³-hybridized carbons (Fsp3) is 0.286. The maximum Gasteiger partial charge on any atom is 0.232 e. The molecule has 8 heteroatoms. The van der Waals surface area contributed by atoms with Gasteiger partial charge < -0.3 is 9.64 Å². The first-order valence-corrected chi connectivity index (χ1v) is 11.2. The van der Waals surface area contributed by atoms with Crippen LogP contribution in [0, 0.1) is 6.92 Å². The number of Topliss-reactive ketones (excluding diaryl/α,β-unsaturated/α-hetero) is 1. The molecule has 6 nitrogen and oxygen atoms in total. The molecule has 1 aromatic heterocycles. The Morgan fingerprint density at radius 3 is 2.45 bits per heavy atom. The molecule has 0 amide bonds. The summed E-state index contributed by atoms with van der Waals surface area (Å²) in [5.41, 5.74) is 2.87. The highest BCUT2D eigenvalue weighted by atomic mass is 79.9. The predicted octanol–water partition coefficient (Wildman–Crippen LogP) is 4.15. The maximum atomic E-state index is 12.6. The number of carbonyl (C=O) groups excluding carboxylic acids is 1. The standard InChI is InChI=1S/C21H21BrN4O2S/c1-15-2-8-18(9-3-15)26-20(25-10-12-28-13-11-25)23-24-21(26)29-14-19(27)16-4-6-17(22)7-5-16/h2-9H,10-14H2,1H3. The van der Waals surface area contributed by atoms with Crippen LogP contribution in [0.2, 0.25) is 0 Å². The fourth-order valence-electron chi connectivity index (χ4n) is 3.09. The van der Waals surface area contributed by atoms with Crippen LogP contribution in [0.15, 0.2) is 58.2 Å². The number of hydrogen-bond acceptors (Lipinski definition) is 6. The number of aryl methyl sites for hydroxylation is 1. The van der Waals surface area contributed by atoms with Crippen LogP contribution < -0.4 is 4.90 Å². The van der Waals surface area contributed by atoms with E-state index >= 15 is 0 Å². The van der Waals surface area contributed by atoms with Crippen molar-refractivity contribution >= 4 is 39.4 Å². The van der Waals surface area contributed by atoms with Crippen molar-refractivity contribution in [1.29, 1.82) is 0 Å². The predicted molar refractivity (Wildman–Crippen MR) is 118 cm³/mol. The summed E-state index contributed by atoms with van der Waals surface area (Å²) in [6, 6.07) is 15.7. The van der Waals surface area contributed by atoms with Crippen LogP contribution in [0.3, 0.4) is 0 Å². The van der Waals surface area contributed by atoms with Crippen LogP contribution in [0.1, 0.15) is 15.9 Å². The van der Waals surface area contributed by atoms with Gasteiger partial charge in [0.05, 0.1) is 24.7 Å². The van der Waals surface area contributed by atoms with E-state index in [1.54, 1.807) is 0 Å². The zero-order valence-electron chi connectivity index (χ0n) is 16.0. The first-order valence-electron chi connectivity index (χ1n) is 9.38. The Labute approximate surface area is 182 Å². The molecule has 3 aromatic rings. The van der Waals surface area contributed by atoms with E-state index in [4.69, 9.17) is 4.74 Å². The van der Waals surface area contributed by atoms with Crippen LogP contribution in [0.5, 0.6) is 0 Å². The Kier molecular flexibility index (Phi) is 6.32. The quantitative estimate of drug-likeness (QED) is 0.396. The molecule has 2 aromatic carbocycles. The Bertz CT molecular complexity index is 983. The molecule has 0 unspecified atom stereocenters. The summed E-state index contributed by atoms with van der Waals surface area (Å²) in [6.07, 6.45) is 0. The Balaban J connectivity index is 1.60. The molecule has 1 aliphatic heterocycles. The lowest BCUT2D eigenvalue weighted by Crippen LogP contribution is -2.37. The van der Waals surface area contributed by atoms with Crippen molar-refractivity contribution in [2.45, 2.75) is 12.1 Å². The third-order valence-electron chi connectivity index (χ3n) is 4.70. The monoisotopic (exact) mass is 472 g/mol. The van der Waals surface area contributed by atoms with Gasteiger partial charge in [-0.25, -0.2) is 0 Å². The van der Waals surface area contributed by atoms with Crippen molar-refractivity contribution in [3.05, 3.63) is 64.1 Å². The number of nitrogens with zero attached hydrogens (tertiary/aromatic N) is 4. The van der Waals surface area contributed by atoms with Gasteiger partial charge >= 0.3 is 0 Å². The first-order chi connectivity index (χ1) is 14.1. The second-order valence-electron chi connectivity index (χ2n) is 6.77. The maximum absolute atomic E-state index is 12.6. The van der Waals surface area contributed by atoms with Gasteiger partial charge in [-0.1, -0.05) is 57.5 Å². The Hall–Kier alpha value is -2.16. The fourth-order valence-corrected chi connectivity index (χ4v) is 4.20. The summed E-state index contributed by atoms with van der Waals surface area (Å²) in [5, 5.41) is 9.56. The number of ether oxygens (including phenoxy) is 1. The first kappa shape index (κ1) is 20.1. The van der Waals surface area contributed by atoms with Gasteiger partial charge in [0.15, 0.2) is 10.9 Å². The van der Waals surface area contributed by atoms with Gasteiger partial charge in [0.25, 0.3) is 0 Å². The van der Waals surface area contributed by atoms with Crippen molar-refractivity contribution in [2.24, 2.45) is 0 Å². The van der Waals surface area contributed by atoms with E-state index in [-0.39, 0.29) is 5.78 Å². The minimum atomic E-state index is 0.0638. The van der Waals surface area contributed by atoms with E-state index in [0.29, 0.717) is 29.7 Å². The number of hydrogen-bond donors (Lipinski definition) is 0. The third kappa shape index (κ3) is 4.71. The van der Waals surface area contributed by atoms with Gasteiger partial charge in [0.1, 0.15) is 0 Å². The van der Waals surface area contributed by atoms with Gasteiger partial charge in [-0.3, -0.25) is 9.36 Å². The second kappa shape index (κ2) is 9.11. The Morgan fingerprint density at radius 2 is 1.76 bits per heavy atom. The summed E-state index contributed by atoms with van der Waals surface area (Å²) in [7, 11) is 0. The van der Waals surface area contributed by atoms with Crippen molar-refractivity contribution in [3.8, 4) is 5.69 Å². The summed E-state index contributed by atoms with van der Waals surface area (Å²) in [6.45, 7) is 4.95. The van der Waals surface area contributed by atoms with Gasteiger partial charge in [-0.05, 0) is 31.2 Å². The molecule has 1 fully saturated rings. The molecule has 29 heavy (non-hydrogen) atoms. The molecule has 0 bridgehead atoms. The highest BCUT2D eigenvalue weighted by Crippen LogP contribution is 2.28. The van der Waals surface area contributed by atoms with Crippen molar-refractivity contribution in [2.75, 3.05) is 37.0 Å². The van der Waals surface area contributed by atoms with Gasteiger partial charge in [-0.15, -0.1) is 10.2 Å². The highest BCUT2D eigenvalue weighted by Gasteiger charge is 2.22. The molecule has 0 atom stereocenters. The van der Waals surface area contributed by atoms with E-state index in [9.17, 15) is 4.79 Å². The molecule has 0 saturated carbocycles. The molecule has 0 aliphatic carbocycles. The molecule has 2 heterocycles. The lowest BCUT2D eigenvalue weighted by Gasteiger charge is -2.27. The molecule has 4 rings (SSSR count). The van der Waals surface area contributed by atoms with Crippen LogP contribution in [-0.2, 0) is 4.74 Å². The van der Waals surface area contributed by atoms with Crippen molar-refractivity contribution in [3.63, 3.8) is 0 Å². The van der Waals surface area contributed by atoms with E-state index in [2.05, 4.69) is 62.2 Å². The van der Waals surface area contributed by atoms with E-state index < -0.39 is 0 Å². The number of halogens is 1. The number of ketones is 1. The summed E-state index contributed by atoms with van der Waals surface area (Å²) < 4.78 is 8.46. The lowest BCUT2D eigenvalue weighted by atomic mass is 10.2. The zero-order chi connectivity index (χ0) is 20.2. The number of benzene rings is 2. The summed E-state index contributed by atoms with van der Waals surface area (Å²) in [4.78, 5) is 14.8. The highest BCUT2D eigenvalue weighted by molar-refractivity contribution is 9.10. The largest absolute Gasteiger partial charge is 0.378 e. The molecule has 0 N–H and O–H groups in total. The number of morpholine rings is 1. The molecular weight excluding hydrogens is 452 g/mol. The second-order valence-corrected chi connectivity index (χ2v) is 8.63. The zero-order valence-corrected chi connectivity index (χ0v) is 18.4. The number of anilines is 1. The molecule has 0 spiro atoms. The van der Waals surface area contributed by atoms with E-state index in [1.807, 2.05) is 28.8 Å². The number of rotatable bonds is 6. The molecule has 1 aliphatic rings. The molecule has 0 radical (unpaired) electrons. The smallest absolute Gasteiger partial charge is 0.232 e. The topological polar surface area (TPSA) is 60.2 Å². The number of aromatic nitrogens is 3. The van der Waals surface area contributed by atoms with Gasteiger partial charge in [-0.2, -0.15) is 0 Å². The van der Waals surface area contributed by atoms with Gasteiger partial charge in [0, 0.05) is 23.1 Å². The third-order valence-corrected chi connectivity index (χ3v) is 6.16. The van der Waals surface area contributed by atoms with Crippen LogP contribution in [0.25, 0.3) is 5.69 Å². The van der Waals surface area contributed by atoms with Crippen LogP contribution >= 0.6 is 27.7 Å². The van der Waals surface area contributed by atoms with Crippen molar-refractivity contribution < 1.29 is 9.53 Å². The molecule has 150 valence electrons. The van der Waals surface area contributed by atoms with E-state index in [0.717, 1.165) is 29.2 Å². The summed E-state index contributed by atoms with van der Waals surface area (Å²) >= 11 is 4.81. The molecular formula is C21H21BrN4O2S. The minimum Gasteiger partial charge on any atom is -0.378 e. The summed E-state index contributed by atoms with van der Waals surface area (Å²) in [5.74, 6) is 1.15. The average Bonchev–Trinajstić information content (AvgIpc) is 3.17. The van der Waals surface area contributed by atoms with Crippen LogP contribution in [-0.4, -0.2) is 52.6 Å². The lowest BCUT2D eigenvalue weighted by molar-refractivity contribution is 0.102. The average molecular weight is 473 g/mol. The SMILES string of the molecule is Cc1ccc(-n2c(SCC(=O)c3ccc(Br)cc3)nnc2N2CCOCC2)cc1. The number of carbonyl (C=O) groups is 1. The van der Waals surface area contributed by atoms with Crippen LogP contribution in [0.4, 0.5) is 5.95 Å². The molecule has 1 saturated heterocycles. The normalized spacial score (nSPS) is 14.2. The minimum absolute atomic E-state index is 0.0638. The van der Waals surface area contributed by atoms with Crippen molar-refractivity contribution in [1.82, 2.24) is 14.8 Å². The van der Waals surface area contributed by atoms with E-state index in [1.165, 1.54) is 17.3 Å². The number of thioether (sulfide) groups is 1. The Morgan fingerprint density at radius 1 is 1.07 bits per heavy atom.